The van der Waals surface area contributed by atoms with Crippen molar-refractivity contribution in [3.8, 4) is 23.0 Å². The Morgan fingerprint density at radius 1 is 0.878 bits per heavy atom. The first kappa shape index (κ1) is 29.4. The lowest BCUT2D eigenvalue weighted by molar-refractivity contribution is -0.354. The highest BCUT2D eigenvalue weighted by molar-refractivity contribution is 6.02. The number of ketones is 1. The normalized spacial score (nSPS) is 37.2. The molecular weight excluding hydrogens is 548 g/mol. The summed E-state index contributed by atoms with van der Waals surface area (Å²) in [5.74, 6) is -0.772. The summed E-state index contributed by atoms with van der Waals surface area (Å²) in [4.78, 5) is 12.6. The summed E-state index contributed by atoms with van der Waals surface area (Å²) in [5, 5.41) is 81.0. The van der Waals surface area contributed by atoms with E-state index in [9.17, 15) is 45.6 Å². The van der Waals surface area contributed by atoms with Crippen LogP contribution in [0.3, 0.4) is 0 Å². The molecule has 0 spiro atoms. The number of carbonyl (C=O) groups excluding carboxylic acids is 1. The molecule has 8 N–H and O–H groups in total. The molecule has 5 rings (SSSR count). The molecule has 14 nitrogen and oxygen atoms in total. The van der Waals surface area contributed by atoms with Gasteiger partial charge >= 0.3 is 0 Å². The van der Waals surface area contributed by atoms with E-state index in [1.165, 1.54) is 25.1 Å². The number of benzene rings is 2. The number of Topliss-reactive ketones (excluding diaryl/α,β-unsaturated/α-hetero) is 1. The van der Waals surface area contributed by atoms with Gasteiger partial charge < -0.3 is 64.5 Å². The fraction of sp³-hybridized carbons (Fsp3) is 0.519. The summed E-state index contributed by atoms with van der Waals surface area (Å²) in [5.41, 5.74) is 0.558. The van der Waals surface area contributed by atoms with E-state index in [1.54, 1.807) is 12.1 Å². The summed E-state index contributed by atoms with van der Waals surface area (Å²) in [6, 6.07) is 8.52. The average Bonchev–Trinajstić information content (AvgIpc) is 2.93. The van der Waals surface area contributed by atoms with Crippen LogP contribution in [0.1, 0.15) is 35.4 Å². The highest BCUT2D eigenvalue weighted by atomic mass is 16.8. The molecule has 0 aromatic heterocycles. The lowest BCUT2D eigenvalue weighted by Crippen LogP contribution is -2.64. The average molecular weight is 581 g/mol. The molecule has 0 saturated carbocycles. The highest BCUT2D eigenvalue weighted by Gasteiger charge is 2.50. The van der Waals surface area contributed by atoms with E-state index in [-0.39, 0.29) is 40.8 Å². The Labute approximate surface area is 233 Å². The number of phenols is 2. The van der Waals surface area contributed by atoms with Gasteiger partial charge in [0.2, 0.25) is 6.29 Å². The van der Waals surface area contributed by atoms with Crippen molar-refractivity contribution >= 4 is 5.78 Å². The van der Waals surface area contributed by atoms with Crippen molar-refractivity contribution in [2.24, 2.45) is 0 Å². The largest absolute Gasteiger partial charge is 0.508 e. The molecule has 0 bridgehead atoms. The SMILES string of the molecule is C[C@@H]1O[C@@H](O[C@H]2[C@H](Oc3ccc([C@@H]4CC(=O)c5c(O)cc(O)cc5O4)cc3)O[C@H](CO)[C@@H](O)[C@@H]2O)[C@H](O)[C@H](O)[C@H]1O. The van der Waals surface area contributed by atoms with Crippen LogP contribution in [0.5, 0.6) is 23.0 Å². The lowest BCUT2D eigenvalue weighted by atomic mass is 9.95. The first-order chi connectivity index (χ1) is 19.5. The Morgan fingerprint density at radius 2 is 1.59 bits per heavy atom. The zero-order valence-electron chi connectivity index (χ0n) is 21.8. The van der Waals surface area contributed by atoms with Gasteiger partial charge in [-0.25, -0.2) is 0 Å². The Kier molecular flexibility index (Phi) is 8.39. The van der Waals surface area contributed by atoms with Crippen LogP contribution in [0.15, 0.2) is 36.4 Å². The number of hydrogen-bond donors (Lipinski definition) is 8. The molecule has 2 aromatic rings. The number of aromatic hydroxyl groups is 2. The van der Waals surface area contributed by atoms with Gasteiger partial charge in [0.25, 0.3) is 0 Å². The quantitative estimate of drug-likeness (QED) is 0.202. The number of ether oxygens (including phenoxy) is 5. The third-order valence-electron chi connectivity index (χ3n) is 7.41. The van der Waals surface area contributed by atoms with E-state index >= 15 is 0 Å². The van der Waals surface area contributed by atoms with Crippen molar-refractivity contribution < 1.29 is 69.3 Å². The maximum absolute atomic E-state index is 12.6. The first-order valence-corrected chi connectivity index (χ1v) is 13.0. The van der Waals surface area contributed by atoms with Crippen LogP contribution >= 0.6 is 0 Å². The van der Waals surface area contributed by atoms with Gasteiger partial charge in [0.15, 0.2) is 18.2 Å². The maximum Gasteiger partial charge on any atom is 0.229 e. The van der Waals surface area contributed by atoms with Gasteiger partial charge in [0, 0.05) is 12.1 Å². The third-order valence-corrected chi connectivity index (χ3v) is 7.41. The zero-order valence-corrected chi connectivity index (χ0v) is 21.8. The predicted molar refractivity (Wildman–Crippen MR) is 134 cm³/mol. The Bertz CT molecular complexity index is 1240. The summed E-state index contributed by atoms with van der Waals surface area (Å²) >= 11 is 0. The summed E-state index contributed by atoms with van der Waals surface area (Å²) in [6.45, 7) is 0.789. The van der Waals surface area contributed by atoms with Gasteiger partial charge in [-0.3, -0.25) is 4.79 Å². The van der Waals surface area contributed by atoms with Crippen molar-refractivity contribution in [1.82, 2.24) is 0 Å². The summed E-state index contributed by atoms with van der Waals surface area (Å²) in [7, 11) is 0. The molecule has 14 heteroatoms. The number of fused-ring (bicyclic) bond motifs is 1. The Hall–Kier alpha value is -3.05. The van der Waals surface area contributed by atoms with Crippen LogP contribution in [0.4, 0.5) is 0 Å². The number of aliphatic hydroxyl groups is 6. The minimum atomic E-state index is -1.70. The molecule has 2 fully saturated rings. The van der Waals surface area contributed by atoms with E-state index in [0.29, 0.717) is 5.56 Å². The smallest absolute Gasteiger partial charge is 0.229 e. The molecule has 41 heavy (non-hydrogen) atoms. The minimum Gasteiger partial charge on any atom is -0.508 e. The molecule has 3 aliphatic rings. The van der Waals surface area contributed by atoms with Gasteiger partial charge in [0.1, 0.15) is 71.3 Å². The minimum absolute atomic E-state index is 0.0119. The van der Waals surface area contributed by atoms with Crippen molar-refractivity contribution in [2.45, 2.75) is 80.9 Å². The number of aliphatic hydroxyl groups excluding tert-OH is 6. The van der Waals surface area contributed by atoms with Crippen molar-refractivity contribution in [2.75, 3.05) is 6.61 Å². The van der Waals surface area contributed by atoms with Gasteiger partial charge in [0.05, 0.1) is 19.1 Å². The second-order valence-electron chi connectivity index (χ2n) is 10.2. The van der Waals surface area contributed by atoms with Crippen molar-refractivity contribution in [3.63, 3.8) is 0 Å². The van der Waals surface area contributed by atoms with Gasteiger partial charge in [-0.05, 0) is 24.6 Å². The molecule has 3 aliphatic heterocycles. The van der Waals surface area contributed by atoms with E-state index < -0.39 is 74.1 Å². The molecule has 0 radical (unpaired) electrons. The van der Waals surface area contributed by atoms with E-state index in [2.05, 4.69) is 0 Å². The van der Waals surface area contributed by atoms with Crippen molar-refractivity contribution in [3.05, 3.63) is 47.5 Å². The number of hydrogen-bond acceptors (Lipinski definition) is 14. The molecular formula is C27H32O14. The number of phenolic OH excluding ortho intramolecular Hbond substituents is 2. The molecule has 224 valence electrons. The van der Waals surface area contributed by atoms with Crippen LogP contribution < -0.4 is 9.47 Å². The molecule has 0 aliphatic carbocycles. The van der Waals surface area contributed by atoms with Crippen LogP contribution in [-0.4, -0.2) is 115 Å². The summed E-state index contributed by atoms with van der Waals surface area (Å²) < 4.78 is 28.5. The van der Waals surface area contributed by atoms with Crippen LogP contribution in [0.25, 0.3) is 0 Å². The van der Waals surface area contributed by atoms with Gasteiger partial charge in [-0.15, -0.1) is 0 Å². The highest BCUT2D eigenvalue weighted by Crippen LogP contribution is 2.42. The van der Waals surface area contributed by atoms with E-state index in [0.717, 1.165) is 6.07 Å². The van der Waals surface area contributed by atoms with Crippen molar-refractivity contribution in [1.29, 1.82) is 0 Å². The number of carbonyl (C=O) groups is 1. The lowest BCUT2D eigenvalue weighted by Gasteiger charge is -2.45. The molecule has 2 saturated heterocycles. The van der Waals surface area contributed by atoms with Gasteiger partial charge in [-0.1, -0.05) is 12.1 Å². The monoisotopic (exact) mass is 580 g/mol. The van der Waals surface area contributed by atoms with Crippen LogP contribution in [0, 0.1) is 0 Å². The molecule has 2 aromatic carbocycles. The van der Waals surface area contributed by atoms with E-state index in [1.807, 2.05) is 0 Å². The summed E-state index contributed by atoms with van der Waals surface area (Å²) in [6.07, 6.45) is -15.4. The molecule has 0 unspecified atom stereocenters. The predicted octanol–water partition coefficient (Wildman–Crippen LogP) is -1.17. The Balaban J connectivity index is 1.33. The number of rotatable bonds is 6. The first-order valence-electron chi connectivity index (χ1n) is 13.0. The standard InChI is InChI=1S/C27H32O14/c1-10-20(32)22(34)24(36)26(37-10)41-25-23(35)21(33)18(9-28)40-27(25)38-13-4-2-11(3-5-13)16-8-15(31)19-14(30)6-12(29)7-17(19)39-16/h2-7,10,16,18,20-30,32-36H,8-9H2,1H3/t10-,16-,18+,20-,21+,22+,23-,24+,25+,26-,27+/m0/s1. The fourth-order valence-electron chi connectivity index (χ4n) is 5.08. The van der Waals surface area contributed by atoms with Crippen LogP contribution in [-0.2, 0) is 14.2 Å². The second kappa shape index (κ2) is 11.7. The topological polar surface area (TPSA) is 225 Å². The fourth-order valence-corrected chi connectivity index (χ4v) is 5.08. The van der Waals surface area contributed by atoms with Crippen LogP contribution in [0.2, 0.25) is 0 Å². The Morgan fingerprint density at radius 3 is 2.27 bits per heavy atom. The second-order valence-corrected chi connectivity index (χ2v) is 10.2. The molecule has 11 atom stereocenters. The molecule has 3 heterocycles. The maximum atomic E-state index is 12.6. The molecule has 0 amide bonds. The van der Waals surface area contributed by atoms with E-state index in [4.69, 9.17) is 23.7 Å². The zero-order chi connectivity index (χ0) is 29.6. The third kappa shape index (κ3) is 5.70. The van der Waals surface area contributed by atoms with Gasteiger partial charge in [-0.2, -0.15) is 0 Å².